The van der Waals surface area contributed by atoms with E-state index in [0.29, 0.717) is 6.04 Å². The lowest BCUT2D eigenvalue weighted by atomic mass is 9.97. The third-order valence-electron chi connectivity index (χ3n) is 2.64. The number of nitrogens with one attached hydrogen (secondary N) is 1. The van der Waals surface area contributed by atoms with Gasteiger partial charge in [0.2, 0.25) is 0 Å². The molecular weight excluding hydrogens is 280 g/mol. The van der Waals surface area contributed by atoms with E-state index in [0.717, 1.165) is 23.0 Å². The van der Waals surface area contributed by atoms with E-state index < -0.39 is 0 Å². The van der Waals surface area contributed by atoms with Gasteiger partial charge in [0.1, 0.15) is 5.82 Å². The van der Waals surface area contributed by atoms with Gasteiger partial charge in [-0.15, -0.1) is 12.4 Å². The topological polar surface area (TPSA) is 12.0 Å². The largest absolute Gasteiger partial charge is 0.310 e. The quantitative estimate of drug-likeness (QED) is 0.830. The molecule has 0 bridgehead atoms. The van der Waals surface area contributed by atoms with Crippen LogP contribution in [0.1, 0.15) is 30.9 Å². The van der Waals surface area contributed by atoms with Crippen LogP contribution in [-0.2, 0) is 0 Å². The Balaban J connectivity index is 0.00000112. The first-order valence-corrected chi connectivity index (χ1v) is 5.75. The van der Waals surface area contributed by atoms with Crippen LogP contribution < -0.4 is 5.32 Å². The Kier molecular flexibility index (Phi) is 5.03. The Morgan fingerprint density at radius 3 is 2.80 bits per heavy atom. The Labute approximate surface area is 104 Å². The molecule has 84 valence electrons. The van der Waals surface area contributed by atoms with Crippen molar-refractivity contribution in [1.82, 2.24) is 5.32 Å². The Morgan fingerprint density at radius 2 is 2.13 bits per heavy atom. The molecule has 1 heterocycles. The summed E-state index contributed by atoms with van der Waals surface area (Å²) in [5, 5.41) is 3.41. The molecule has 1 N–H and O–H groups in total. The fourth-order valence-corrected chi connectivity index (χ4v) is 2.42. The van der Waals surface area contributed by atoms with Crippen LogP contribution in [0, 0.1) is 5.82 Å². The number of rotatable bonds is 1. The SMILES string of the molecule is Cl.Fc1ccc(Br)c([C@@H]2CCCCN2)c1. The van der Waals surface area contributed by atoms with Crippen molar-refractivity contribution in [1.29, 1.82) is 0 Å². The summed E-state index contributed by atoms with van der Waals surface area (Å²) in [5.74, 6) is -0.157. The van der Waals surface area contributed by atoms with Crippen molar-refractivity contribution in [3.8, 4) is 0 Å². The monoisotopic (exact) mass is 293 g/mol. The minimum absolute atomic E-state index is 0. The number of benzene rings is 1. The van der Waals surface area contributed by atoms with Crippen molar-refractivity contribution < 1.29 is 4.39 Å². The maximum atomic E-state index is 13.1. The zero-order valence-electron chi connectivity index (χ0n) is 8.30. The highest BCUT2D eigenvalue weighted by Crippen LogP contribution is 2.29. The van der Waals surface area contributed by atoms with Crippen LogP contribution in [0.4, 0.5) is 4.39 Å². The van der Waals surface area contributed by atoms with E-state index in [4.69, 9.17) is 0 Å². The van der Waals surface area contributed by atoms with Gasteiger partial charge in [0.25, 0.3) is 0 Å². The van der Waals surface area contributed by atoms with Crippen LogP contribution in [0.5, 0.6) is 0 Å². The minimum Gasteiger partial charge on any atom is -0.310 e. The van der Waals surface area contributed by atoms with Gasteiger partial charge >= 0.3 is 0 Å². The summed E-state index contributed by atoms with van der Waals surface area (Å²) in [7, 11) is 0. The molecule has 1 atom stereocenters. The van der Waals surface area contributed by atoms with Gasteiger partial charge in [-0.3, -0.25) is 0 Å². The molecule has 15 heavy (non-hydrogen) atoms. The summed E-state index contributed by atoms with van der Waals surface area (Å²) in [6.45, 7) is 1.04. The second kappa shape index (κ2) is 5.83. The molecule has 2 rings (SSSR count). The second-order valence-electron chi connectivity index (χ2n) is 3.67. The normalized spacial score (nSPS) is 20.8. The highest BCUT2D eigenvalue weighted by atomic mass is 79.9. The Bertz CT molecular complexity index is 326. The summed E-state index contributed by atoms with van der Waals surface area (Å²) in [6.07, 6.45) is 3.55. The molecule has 1 aliphatic heterocycles. The fraction of sp³-hybridized carbons (Fsp3) is 0.455. The van der Waals surface area contributed by atoms with Gasteiger partial charge in [0, 0.05) is 10.5 Å². The molecule has 0 aromatic heterocycles. The average molecular weight is 295 g/mol. The Morgan fingerprint density at radius 1 is 1.33 bits per heavy atom. The lowest BCUT2D eigenvalue weighted by molar-refractivity contribution is 0.410. The van der Waals surface area contributed by atoms with E-state index in [2.05, 4.69) is 21.2 Å². The minimum atomic E-state index is -0.157. The Hall–Kier alpha value is -0.120. The van der Waals surface area contributed by atoms with Crippen LogP contribution >= 0.6 is 28.3 Å². The zero-order valence-corrected chi connectivity index (χ0v) is 10.7. The molecule has 0 radical (unpaired) electrons. The van der Waals surface area contributed by atoms with Crippen LogP contribution in [0.2, 0.25) is 0 Å². The smallest absolute Gasteiger partial charge is 0.123 e. The first-order chi connectivity index (χ1) is 6.77. The average Bonchev–Trinajstić information content (AvgIpc) is 2.23. The molecule has 1 aliphatic rings. The van der Waals surface area contributed by atoms with E-state index >= 15 is 0 Å². The third kappa shape index (κ3) is 3.16. The molecule has 1 aromatic rings. The summed E-state index contributed by atoms with van der Waals surface area (Å²) < 4.78 is 14.1. The summed E-state index contributed by atoms with van der Waals surface area (Å²) in [4.78, 5) is 0. The molecule has 1 saturated heterocycles. The molecule has 1 fully saturated rings. The predicted octanol–water partition coefficient (Wildman–Crippen LogP) is 3.82. The van der Waals surface area contributed by atoms with Gasteiger partial charge in [0.05, 0.1) is 0 Å². The summed E-state index contributed by atoms with van der Waals surface area (Å²) in [5.41, 5.74) is 1.05. The van der Waals surface area contributed by atoms with Gasteiger partial charge < -0.3 is 5.32 Å². The maximum Gasteiger partial charge on any atom is 0.123 e. The number of piperidine rings is 1. The van der Waals surface area contributed by atoms with Crippen molar-refractivity contribution in [2.24, 2.45) is 0 Å². The van der Waals surface area contributed by atoms with Crippen LogP contribution in [0.15, 0.2) is 22.7 Å². The van der Waals surface area contributed by atoms with E-state index in [9.17, 15) is 4.39 Å². The molecular formula is C11H14BrClFN. The van der Waals surface area contributed by atoms with E-state index in [1.165, 1.54) is 18.9 Å². The molecule has 0 aliphatic carbocycles. The first-order valence-electron chi connectivity index (χ1n) is 4.96. The summed E-state index contributed by atoms with van der Waals surface area (Å²) in [6, 6.07) is 5.19. The second-order valence-corrected chi connectivity index (χ2v) is 4.52. The molecule has 0 saturated carbocycles. The van der Waals surface area contributed by atoms with Crippen molar-refractivity contribution >= 4 is 28.3 Å². The zero-order chi connectivity index (χ0) is 9.97. The molecule has 0 spiro atoms. The van der Waals surface area contributed by atoms with E-state index in [-0.39, 0.29) is 18.2 Å². The maximum absolute atomic E-state index is 13.1. The summed E-state index contributed by atoms with van der Waals surface area (Å²) >= 11 is 3.46. The van der Waals surface area contributed by atoms with Gasteiger partial charge in [-0.25, -0.2) is 4.39 Å². The van der Waals surface area contributed by atoms with Crippen LogP contribution in [-0.4, -0.2) is 6.54 Å². The highest BCUT2D eigenvalue weighted by molar-refractivity contribution is 9.10. The molecule has 1 nitrogen and oxygen atoms in total. The number of halogens is 3. The van der Waals surface area contributed by atoms with Crippen molar-refractivity contribution in [3.63, 3.8) is 0 Å². The van der Waals surface area contributed by atoms with Gasteiger partial charge in [-0.2, -0.15) is 0 Å². The number of hydrogen-bond donors (Lipinski definition) is 1. The van der Waals surface area contributed by atoms with Gasteiger partial charge in [-0.1, -0.05) is 22.4 Å². The predicted molar refractivity (Wildman–Crippen MR) is 65.9 cm³/mol. The standard InChI is InChI=1S/C11H13BrFN.ClH/c12-10-5-4-8(13)7-9(10)11-3-1-2-6-14-11;/h4-5,7,11,14H,1-3,6H2;1H/t11-;/m0./s1. The lowest BCUT2D eigenvalue weighted by Gasteiger charge is -2.24. The fourth-order valence-electron chi connectivity index (χ4n) is 1.90. The number of hydrogen-bond acceptors (Lipinski definition) is 1. The molecule has 0 unspecified atom stereocenters. The van der Waals surface area contributed by atoms with Gasteiger partial charge in [-0.05, 0) is 43.1 Å². The van der Waals surface area contributed by atoms with Crippen LogP contribution in [0.25, 0.3) is 0 Å². The van der Waals surface area contributed by atoms with E-state index in [1.54, 1.807) is 12.1 Å². The molecule has 1 aromatic carbocycles. The molecule has 0 amide bonds. The van der Waals surface area contributed by atoms with E-state index in [1.807, 2.05) is 0 Å². The van der Waals surface area contributed by atoms with Crippen molar-refractivity contribution in [2.45, 2.75) is 25.3 Å². The third-order valence-corrected chi connectivity index (χ3v) is 3.37. The first kappa shape index (κ1) is 12.9. The highest BCUT2D eigenvalue weighted by Gasteiger charge is 2.17. The van der Waals surface area contributed by atoms with Crippen LogP contribution in [0.3, 0.4) is 0 Å². The lowest BCUT2D eigenvalue weighted by Crippen LogP contribution is -2.27. The van der Waals surface area contributed by atoms with Gasteiger partial charge in [0.15, 0.2) is 0 Å². The van der Waals surface area contributed by atoms with Crippen molar-refractivity contribution in [2.75, 3.05) is 6.54 Å². The van der Waals surface area contributed by atoms with Crippen molar-refractivity contribution in [3.05, 3.63) is 34.1 Å². The molecule has 4 heteroatoms.